The number of rotatable bonds is 7. The molecule has 1 N–H and O–H groups in total. The van der Waals surface area contributed by atoms with Gasteiger partial charge in [-0.3, -0.25) is 9.59 Å². The van der Waals surface area contributed by atoms with Crippen LogP contribution in [0.5, 0.6) is 5.75 Å². The molecule has 0 atom stereocenters. The van der Waals surface area contributed by atoms with Crippen molar-refractivity contribution >= 4 is 39.4 Å². The van der Waals surface area contributed by atoms with Crippen LogP contribution in [-0.4, -0.2) is 31.6 Å². The van der Waals surface area contributed by atoms with E-state index < -0.39 is 5.97 Å². The minimum absolute atomic E-state index is 0.0994. The van der Waals surface area contributed by atoms with Crippen LogP contribution in [0, 0.1) is 0 Å². The Morgan fingerprint density at radius 3 is 2.54 bits per heavy atom. The molecule has 7 heteroatoms. The Balaban J connectivity index is 1.64. The molecule has 24 heavy (non-hydrogen) atoms. The molecule has 0 aliphatic rings. The fourth-order valence-corrected chi connectivity index (χ4v) is 2.28. The Kier molecular flexibility index (Phi) is 7.08. The molecular formula is C17H15BrClNO4. The molecule has 0 heterocycles. The van der Waals surface area contributed by atoms with Gasteiger partial charge >= 0.3 is 5.97 Å². The molecule has 2 aromatic carbocycles. The van der Waals surface area contributed by atoms with Crippen molar-refractivity contribution in [3.05, 3.63) is 63.6 Å². The van der Waals surface area contributed by atoms with Gasteiger partial charge in [-0.05, 0) is 42.5 Å². The van der Waals surface area contributed by atoms with Crippen LogP contribution in [0.2, 0.25) is 5.02 Å². The minimum atomic E-state index is -0.532. The summed E-state index contributed by atoms with van der Waals surface area (Å²) in [5.41, 5.74) is 0.421. The van der Waals surface area contributed by atoms with E-state index in [2.05, 4.69) is 21.2 Å². The van der Waals surface area contributed by atoms with Gasteiger partial charge in [0.1, 0.15) is 25.5 Å². The molecule has 126 valence electrons. The summed E-state index contributed by atoms with van der Waals surface area (Å²) in [4.78, 5) is 23.4. The van der Waals surface area contributed by atoms with Crippen molar-refractivity contribution in [3.8, 4) is 5.75 Å². The first-order valence-corrected chi connectivity index (χ1v) is 8.29. The van der Waals surface area contributed by atoms with E-state index >= 15 is 0 Å². The highest BCUT2D eigenvalue weighted by molar-refractivity contribution is 9.10. The van der Waals surface area contributed by atoms with Gasteiger partial charge in [-0.15, -0.1) is 0 Å². The molecule has 0 bridgehead atoms. The highest BCUT2D eigenvalue weighted by atomic mass is 79.9. The molecule has 0 saturated heterocycles. The number of esters is 1. The van der Waals surface area contributed by atoms with Crippen LogP contribution >= 0.6 is 27.5 Å². The second kappa shape index (κ2) is 9.30. The van der Waals surface area contributed by atoms with Crippen molar-refractivity contribution in [1.82, 2.24) is 5.32 Å². The van der Waals surface area contributed by atoms with Crippen LogP contribution in [0.15, 0.2) is 53.0 Å². The third-order valence-corrected chi connectivity index (χ3v) is 3.66. The minimum Gasteiger partial charge on any atom is -0.490 e. The van der Waals surface area contributed by atoms with E-state index in [1.807, 2.05) is 18.2 Å². The van der Waals surface area contributed by atoms with Crippen LogP contribution in [0.1, 0.15) is 10.4 Å². The van der Waals surface area contributed by atoms with Gasteiger partial charge in [0, 0.05) is 15.1 Å². The van der Waals surface area contributed by atoms with Crippen molar-refractivity contribution in [2.45, 2.75) is 0 Å². The Bertz CT molecular complexity index is 706. The number of amides is 1. The molecule has 0 aliphatic heterocycles. The smallest absolute Gasteiger partial charge is 0.325 e. The Morgan fingerprint density at radius 2 is 1.83 bits per heavy atom. The lowest BCUT2D eigenvalue weighted by Gasteiger charge is -2.08. The van der Waals surface area contributed by atoms with Crippen LogP contribution in [0.4, 0.5) is 0 Å². The lowest BCUT2D eigenvalue weighted by molar-refractivity contribution is -0.143. The van der Waals surface area contributed by atoms with Crippen molar-refractivity contribution in [2.24, 2.45) is 0 Å². The summed E-state index contributed by atoms with van der Waals surface area (Å²) in [5.74, 6) is -0.222. The van der Waals surface area contributed by atoms with E-state index in [-0.39, 0.29) is 25.7 Å². The maximum atomic E-state index is 11.8. The third kappa shape index (κ3) is 6.22. The molecule has 0 fully saturated rings. The average Bonchev–Trinajstić information content (AvgIpc) is 2.57. The number of hydrogen-bond donors (Lipinski definition) is 1. The van der Waals surface area contributed by atoms with Crippen molar-refractivity contribution < 1.29 is 19.1 Å². The van der Waals surface area contributed by atoms with E-state index in [1.54, 1.807) is 30.3 Å². The van der Waals surface area contributed by atoms with Gasteiger partial charge in [0.25, 0.3) is 5.91 Å². The first-order chi connectivity index (χ1) is 11.5. The zero-order valence-electron chi connectivity index (χ0n) is 12.6. The molecule has 0 aliphatic carbocycles. The number of nitrogens with one attached hydrogen (secondary N) is 1. The second-order valence-corrected chi connectivity index (χ2v) is 6.07. The largest absolute Gasteiger partial charge is 0.490 e. The molecule has 5 nitrogen and oxygen atoms in total. The first kappa shape index (κ1) is 18.3. The van der Waals surface area contributed by atoms with E-state index in [9.17, 15) is 9.59 Å². The molecule has 0 saturated carbocycles. The second-order valence-electron chi connectivity index (χ2n) is 4.72. The van der Waals surface area contributed by atoms with E-state index in [0.29, 0.717) is 16.3 Å². The van der Waals surface area contributed by atoms with Gasteiger partial charge in [0.2, 0.25) is 0 Å². The summed E-state index contributed by atoms with van der Waals surface area (Å²) < 4.78 is 11.3. The number of benzene rings is 2. The monoisotopic (exact) mass is 411 g/mol. The van der Waals surface area contributed by atoms with Crippen LogP contribution < -0.4 is 10.1 Å². The predicted octanol–water partition coefficient (Wildman–Crippen LogP) is 3.45. The predicted molar refractivity (Wildman–Crippen MR) is 94.4 cm³/mol. The summed E-state index contributed by atoms with van der Waals surface area (Å²) in [6, 6.07) is 13.7. The van der Waals surface area contributed by atoms with Crippen LogP contribution in [0.25, 0.3) is 0 Å². The molecule has 1 amide bonds. The van der Waals surface area contributed by atoms with Crippen molar-refractivity contribution in [2.75, 3.05) is 19.8 Å². The number of hydrogen-bond acceptors (Lipinski definition) is 4. The summed E-state index contributed by atoms with van der Waals surface area (Å²) in [5, 5.41) is 3.02. The molecule has 0 aromatic heterocycles. The van der Waals surface area contributed by atoms with Crippen molar-refractivity contribution in [3.63, 3.8) is 0 Å². The maximum absolute atomic E-state index is 11.8. The van der Waals surface area contributed by atoms with Gasteiger partial charge in [0.15, 0.2) is 0 Å². The maximum Gasteiger partial charge on any atom is 0.325 e. The molecule has 0 radical (unpaired) electrons. The zero-order valence-corrected chi connectivity index (χ0v) is 15.0. The Labute approximate surface area is 153 Å². The number of carbonyl (C=O) groups excluding carboxylic acids is 2. The van der Waals surface area contributed by atoms with Gasteiger partial charge in [-0.1, -0.05) is 33.6 Å². The zero-order chi connectivity index (χ0) is 17.4. The fraction of sp³-hybridized carbons (Fsp3) is 0.176. The summed E-state index contributed by atoms with van der Waals surface area (Å²) >= 11 is 9.09. The highest BCUT2D eigenvalue weighted by Gasteiger charge is 2.08. The van der Waals surface area contributed by atoms with Crippen LogP contribution in [-0.2, 0) is 9.53 Å². The number of halogens is 2. The quantitative estimate of drug-likeness (QED) is 0.559. The average molecular weight is 413 g/mol. The van der Waals surface area contributed by atoms with Gasteiger partial charge in [-0.25, -0.2) is 0 Å². The van der Waals surface area contributed by atoms with E-state index in [4.69, 9.17) is 21.1 Å². The fourth-order valence-electron chi connectivity index (χ4n) is 1.78. The number of ether oxygens (including phenoxy) is 2. The molecule has 0 spiro atoms. The normalized spacial score (nSPS) is 10.1. The SMILES string of the molecule is O=C(CNC(=O)c1ccc(Cl)cc1)OCCOc1cccc(Br)c1. The molecule has 0 unspecified atom stereocenters. The lowest BCUT2D eigenvalue weighted by Crippen LogP contribution is -2.31. The number of carbonyl (C=O) groups is 2. The molecule has 2 rings (SSSR count). The third-order valence-electron chi connectivity index (χ3n) is 2.91. The molecular weight excluding hydrogens is 398 g/mol. The summed E-state index contributed by atoms with van der Waals surface area (Å²) in [6.07, 6.45) is 0. The van der Waals surface area contributed by atoms with Gasteiger partial charge < -0.3 is 14.8 Å². The van der Waals surface area contributed by atoms with E-state index in [1.165, 1.54) is 0 Å². The van der Waals surface area contributed by atoms with Gasteiger partial charge in [-0.2, -0.15) is 0 Å². The topological polar surface area (TPSA) is 64.6 Å². The lowest BCUT2D eigenvalue weighted by atomic mass is 10.2. The first-order valence-electron chi connectivity index (χ1n) is 7.12. The molecule has 2 aromatic rings. The summed E-state index contributed by atoms with van der Waals surface area (Å²) in [6.45, 7) is 0.119. The Hall–Kier alpha value is -2.05. The standard InChI is InChI=1S/C17H15BrClNO4/c18-13-2-1-3-15(10-13)23-8-9-24-16(21)11-20-17(22)12-4-6-14(19)7-5-12/h1-7,10H,8-9,11H2,(H,20,22). The van der Waals surface area contributed by atoms with Crippen molar-refractivity contribution in [1.29, 1.82) is 0 Å². The Morgan fingerprint density at radius 1 is 1.08 bits per heavy atom. The summed E-state index contributed by atoms with van der Waals surface area (Å²) in [7, 11) is 0. The van der Waals surface area contributed by atoms with Crippen LogP contribution in [0.3, 0.4) is 0 Å². The highest BCUT2D eigenvalue weighted by Crippen LogP contribution is 2.17. The van der Waals surface area contributed by atoms with E-state index in [0.717, 1.165) is 4.47 Å². The van der Waals surface area contributed by atoms with Gasteiger partial charge in [0.05, 0.1) is 0 Å².